The highest BCUT2D eigenvalue weighted by Gasteiger charge is 1.97. The normalized spacial score (nSPS) is 10.3. The first-order valence-electron chi connectivity index (χ1n) is 6.78. The van der Waals surface area contributed by atoms with Crippen molar-refractivity contribution < 1.29 is 0 Å². The zero-order chi connectivity index (χ0) is 13.7. The van der Waals surface area contributed by atoms with Crippen LogP contribution in [0.2, 0.25) is 0 Å². The smallest absolute Gasteiger partial charge is 0.0400 e. The number of nitrogens with one attached hydrogen (secondary N) is 1. The third-order valence-electron chi connectivity index (χ3n) is 3.31. The van der Waals surface area contributed by atoms with E-state index in [9.17, 15) is 0 Å². The molecular formula is C17H22N2. The van der Waals surface area contributed by atoms with Gasteiger partial charge in [-0.3, -0.25) is 0 Å². The molecule has 0 radical (unpaired) electrons. The number of aryl methyl sites for hydroxylation is 1. The van der Waals surface area contributed by atoms with Gasteiger partial charge in [0.1, 0.15) is 0 Å². The molecule has 0 heterocycles. The highest BCUT2D eigenvalue weighted by atomic mass is 15.1. The predicted octanol–water partition coefficient (Wildman–Crippen LogP) is 3.93. The second-order valence-electron chi connectivity index (χ2n) is 4.96. The van der Waals surface area contributed by atoms with E-state index in [1.807, 2.05) is 0 Å². The van der Waals surface area contributed by atoms with E-state index < -0.39 is 0 Å². The fraction of sp³-hybridized carbons (Fsp3) is 0.294. The number of benzene rings is 2. The Morgan fingerprint density at radius 1 is 0.842 bits per heavy atom. The number of hydrogen-bond acceptors (Lipinski definition) is 2. The Hall–Kier alpha value is -1.96. The minimum atomic E-state index is 0.866. The fourth-order valence-corrected chi connectivity index (χ4v) is 1.97. The quantitative estimate of drug-likeness (QED) is 0.869. The Labute approximate surface area is 116 Å². The largest absolute Gasteiger partial charge is 0.381 e. The van der Waals surface area contributed by atoms with Crippen LogP contribution in [-0.4, -0.2) is 14.1 Å². The number of nitrogens with zero attached hydrogens (tertiary/aromatic N) is 1. The molecule has 0 atom stereocenters. The van der Waals surface area contributed by atoms with Gasteiger partial charge in [0.25, 0.3) is 0 Å². The van der Waals surface area contributed by atoms with E-state index in [2.05, 4.69) is 79.8 Å². The van der Waals surface area contributed by atoms with Crippen molar-refractivity contribution in [2.24, 2.45) is 0 Å². The van der Waals surface area contributed by atoms with Gasteiger partial charge in [0.2, 0.25) is 0 Å². The minimum absolute atomic E-state index is 0.866. The molecule has 0 unspecified atom stereocenters. The van der Waals surface area contributed by atoms with Crippen molar-refractivity contribution in [2.45, 2.75) is 19.9 Å². The third kappa shape index (κ3) is 3.75. The van der Waals surface area contributed by atoms with Crippen molar-refractivity contribution in [1.29, 1.82) is 0 Å². The van der Waals surface area contributed by atoms with Crippen LogP contribution in [0.4, 0.5) is 11.4 Å². The van der Waals surface area contributed by atoms with Crippen LogP contribution in [0.3, 0.4) is 0 Å². The molecule has 0 bridgehead atoms. The monoisotopic (exact) mass is 254 g/mol. The average Bonchev–Trinajstić information content (AvgIpc) is 2.46. The minimum Gasteiger partial charge on any atom is -0.381 e. The standard InChI is InChI=1S/C17H22N2/c1-4-14-5-7-15(8-6-14)13-18-16-9-11-17(12-10-16)19(2)3/h5-12,18H,4,13H2,1-3H3. The lowest BCUT2D eigenvalue weighted by Crippen LogP contribution is -2.08. The molecule has 0 aliphatic rings. The van der Waals surface area contributed by atoms with Crippen LogP contribution in [-0.2, 0) is 13.0 Å². The van der Waals surface area contributed by atoms with Crippen LogP contribution in [0.25, 0.3) is 0 Å². The summed E-state index contributed by atoms with van der Waals surface area (Å²) >= 11 is 0. The maximum Gasteiger partial charge on any atom is 0.0400 e. The molecule has 2 nitrogen and oxygen atoms in total. The lowest BCUT2D eigenvalue weighted by molar-refractivity contribution is 1.10. The van der Waals surface area contributed by atoms with Crippen LogP contribution >= 0.6 is 0 Å². The molecule has 2 aromatic rings. The number of anilines is 2. The van der Waals surface area contributed by atoms with Gasteiger partial charge in [-0.05, 0) is 41.8 Å². The molecule has 0 aliphatic heterocycles. The van der Waals surface area contributed by atoms with Crippen LogP contribution in [0, 0.1) is 0 Å². The topological polar surface area (TPSA) is 15.3 Å². The van der Waals surface area contributed by atoms with Crippen molar-refractivity contribution in [2.75, 3.05) is 24.3 Å². The van der Waals surface area contributed by atoms with Gasteiger partial charge in [0.15, 0.2) is 0 Å². The Balaban J connectivity index is 1.94. The molecule has 0 aromatic heterocycles. The number of rotatable bonds is 5. The van der Waals surface area contributed by atoms with Gasteiger partial charge >= 0.3 is 0 Å². The van der Waals surface area contributed by atoms with Crippen molar-refractivity contribution in [3.05, 3.63) is 59.7 Å². The third-order valence-corrected chi connectivity index (χ3v) is 3.31. The summed E-state index contributed by atoms with van der Waals surface area (Å²) in [5.74, 6) is 0. The van der Waals surface area contributed by atoms with Gasteiger partial charge < -0.3 is 10.2 Å². The van der Waals surface area contributed by atoms with Crippen LogP contribution in [0.5, 0.6) is 0 Å². The van der Waals surface area contributed by atoms with Crippen LogP contribution < -0.4 is 10.2 Å². The van der Waals surface area contributed by atoms with Gasteiger partial charge in [-0.2, -0.15) is 0 Å². The summed E-state index contributed by atoms with van der Waals surface area (Å²) in [4.78, 5) is 2.10. The zero-order valence-electron chi connectivity index (χ0n) is 12.0. The second-order valence-corrected chi connectivity index (χ2v) is 4.96. The molecule has 100 valence electrons. The summed E-state index contributed by atoms with van der Waals surface area (Å²) in [6, 6.07) is 17.3. The Morgan fingerprint density at radius 2 is 1.42 bits per heavy atom. The van der Waals surface area contributed by atoms with E-state index in [4.69, 9.17) is 0 Å². The first-order valence-corrected chi connectivity index (χ1v) is 6.78. The number of hydrogen-bond donors (Lipinski definition) is 1. The van der Waals surface area contributed by atoms with Crippen molar-refractivity contribution in [1.82, 2.24) is 0 Å². The first-order chi connectivity index (χ1) is 9.19. The SMILES string of the molecule is CCc1ccc(CNc2ccc(N(C)C)cc2)cc1. The van der Waals surface area contributed by atoms with Gasteiger partial charge in [-0.15, -0.1) is 0 Å². The summed E-state index contributed by atoms with van der Waals surface area (Å²) in [5, 5.41) is 3.45. The van der Waals surface area contributed by atoms with Gasteiger partial charge in [-0.1, -0.05) is 31.2 Å². The van der Waals surface area contributed by atoms with Gasteiger partial charge in [0.05, 0.1) is 0 Å². The maximum atomic E-state index is 3.45. The summed E-state index contributed by atoms with van der Waals surface area (Å²) in [7, 11) is 4.11. The van der Waals surface area contributed by atoms with E-state index in [0.29, 0.717) is 0 Å². The Kier molecular flexibility index (Phi) is 4.45. The van der Waals surface area contributed by atoms with Gasteiger partial charge in [-0.25, -0.2) is 0 Å². The predicted molar refractivity (Wildman–Crippen MR) is 83.9 cm³/mol. The van der Waals surface area contributed by atoms with Crippen molar-refractivity contribution in [3.8, 4) is 0 Å². The summed E-state index contributed by atoms with van der Waals surface area (Å²) in [6.45, 7) is 3.05. The highest BCUT2D eigenvalue weighted by Crippen LogP contribution is 2.16. The molecule has 0 saturated heterocycles. The molecular weight excluding hydrogens is 232 g/mol. The molecule has 0 fully saturated rings. The summed E-state index contributed by atoms with van der Waals surface area (Å²) in [5.41, 5.74) is 5.08. The molecule has 0 amide bonds. The average molecular weight is 254 g/mol. The lowest BCUT2D eigenvalue weighted by Gasteiger charge is -2.13. The maximum absolute atomic E-state index is 3.45. The molecule has 2 rings (SSSR count). The fourth-order valence-electron chi connectivity index (χ4n) is 1.97. The molecule has 19 heavy (non-hydrogen) atoms. The second kappa shape index (κ2) is 6.28. The van der Waals surface area contributed by atoms with Crippen molar-refractivity contribution >= 4 is 11.4 Å². The Bertz CT molecular complexity index is 498. The molecule has 2 heteroatoms. The molecule has 2 aromatic carbocycles. The lowest BCUT2D eigenvalue weighted by atomic mass is 10.1. The van der Waals surface area contributed by atoms with E-state index in [0.717, 1.165) is 18.7 Å². The Morgan fingerprint density at radius 3 is 1.95 bits per heavy atom. The summed E-state index contributed by atoms with van der Waals surface area (Å²) < 4.78 is 0. The molecule has 0 aliphatic carbocycles. The zero-order valence-corrected chi connectivity index (χ0v) is 12.0. The van der Waals surface area contributed by atoms with E-state index in [-0.39, 0.29) is 0 Å². The van der Waals surface area contributed by atoms with E-state index in [1.54, 1.807) is 0 Å². The highest BCUT2D eigenvalue weighted by molar-refractivity contribution is 5.54. The molecule has 0 spiro atoms. The van der Waals surface area contributed by atoms with Crippen LogP contribution in [0.15, 0.2) is 48.5 Å². The van der Waals surface area contributed by atoms with Crippen molar-refractivity contribution in [3.63, 3.8) is 0 Å². The van der Waals surface area contributed by atoms with E-state index in [1.165, 1.54) is 16.8 Å². The van der Waals surface area contributed by atoms with Gasteiger partial charge in [0, 0.05) is 32.0 Å². The molecule has 0 saturated carbocycles. The van der Waals surface area contributed by atoms with Crippen LogP contribution in [0.1, 0.15) is 18.1 Å². The first kappa shape index (κ1) is 13.5. The van der Waals surface area contributed by atoms with E-state index >= 15 is 0 Å². The molecule has 1 N–H and O–H groups in total. The summed E-state index contributed by atoms with van der Waals surface area (Å²) in [6.07, 6.45) is 1.10.